The van der Waals surface area contributed by atoms with Gasteiger partial charge in [-0.25, -0.2) is 4.98 Å². The first-order valence-electron chi connectivity index (χ1n) is 9.11. The van der Waals surface area contributed by atoms with E-state index >= 15 is 0 Å². The summed E-state index contributed by atoms with van der Waals surface area (Å²) in [5.41, 5.74) is 2.94. The van der Waals surface area contributed by atoms with Gasteiger partial charge in [0, 0.05) is 18.4 Å². The van der Waals surface area contributed by atoms with E-state index in [1.807, 2.05) is 48.7 Å². The summed E-state index contributed by atoms with van der Waals surface area (Å²) >= 11 is 1.57. The smallest absolute Gasteiger partial charge is 0.244 e. The molecule has 2 aromatic carbocycles. The second-order valence-corrected chi connectivity index (χ2v) is 7.14. The first-order valence-corrected chi connectivity index (χ1v) is 10.1. The van der Waals surface area contributed by atoms with Gasteiger partial charge in [0.2, 0.25) is 5.91 Å². The van der Waals surface area contributed by atoms with Gasteiger partial charge in [0.1, 0.15) is 0 Å². The van der Waals surface area contributed by atoms with Crippen LogP contribution in [-0.2, 0) is 4.79 Å². The summed E-state index contributed by atoms with van der Waals surface area (Å²) < 4.78 is 10.5. The Balaban J connectivity index is 1.43. The van der Waals surface area contributed by atoms with Gasteiger partial charge < -0.3 is 19.8 Å². The third kappa shape index (κ3) is 5.89. The van der Waals surface area contributed by atoms with Crippen LogP contribution in [0, 0.1) is 0 Å². The molecule has 0 spiro atoms. The maximum atomic E-state index is 12.0. The Kier molecular flexibility index (Phi) is 7.35. The number of nitrogens with one attached hydrogen (secondary N) is 2. The molecule has 0 radical (unpaired) electrons. The summed E-state index contributed by atoms with van der Waals surface area (Å²) in [7, 11) is 3.17. The molecule has 1 amide bonds. The van der Waals surface area contributed by atoms with E-state index < -0.39 is 0 Å². The highest BCUT2D eigenvalue weighted by atomic mass is 32.2. The molecule has 3 rings (SSSR count). The molecule has 29 heavy (non-hydrogen) atoms. The van der Waals surface area contributed by atoms with Crippen molar-refractivity contribution in [3.8, 4) is 22.8 Å². The topological polar surface area (TPSA) is 76.2 Å². The Morgan fingerprint density at radius 2 is 1.93 bits per heavy atom. The number of carbonyl (C=O) groups is 1. The molecule has 1 heterocycles. The van der Waals surface area contributed by atoms with Gasteiger partial charge in [-0.1, -0.05) is 48.2 Å². The molecule has 0 saturated carbocycles. The van der Waals surface area contributed by atoms with Crippen molar-refractivity contribution in [1.29, 1.82) is 0 Å². The average Bonchev–Trinajstić information content (AvgIpc) is 3.24. The zero-order valence-electron chi connectivity index (χ0n) is 16.3. The van der Waals surface area contributed by atoms with Crippen molar-refractivity contribution in [3.05, 3.63) is 66.4 Å². The third-order valence-corrected chi connectivity index (χ3v) is 5.00. The van der Waals surface area contributed by atoms with Crippen molar-refractivity contribution in [2.75, 3.05) is 26.5 Å². The van der Waals surface area contributed by atoms with Gasteiger partial charge in [-0.05, 0) is 29.3 Å². The third-order valence-electron chi connectivity index (χ3n) is 4.11. The summed E-state index contributed by atoms with van der Waals surface area (Å²) in [4.78, 5) is 19.7. The lowest BCUT2D eigenvalue weighted by Gasteiger charge is -2.07. The molecule has 0 saturated heterocycles. The van der Waals surface area contributed by atoms with Crippen molar-refractivity contribution in [3.63, 3.8) is 0 Å². The predicted octanol–water partition coefficient (Wildman–Crippen LogP) is 4.02. The number of hydrogen-bond acceptors (Lipinski definition) is 5. The van der Waals surface area contributed by atoms with E-state index in [0.29, 0.717) is 18.0 Å². The number of ether oxygens (including phenoxy) is 2. The Morgan fingerprint density at radius 3 is 2.69 bits per heavy atom. The number of carbonyl (C=O) groups excluding carboxylic acids is 1. The fourth-order valence-corrected chi connectivity index (χ4v) is 3.36. The van der Waals surface area contributed by atoms with E-state index in [4.69, 9.17) is 9.47 Å². The number of rotatable bonds is 9. The van der Waals surface area contributed by atoms with E-state index in [1.165, 1.54) is 6.08 Å². The quantitative estimate of drug-likeness (QED) is 0.317. The summed E-state index contributed by atoms with van der Waals surface area (Å²) in [6.07, 6.45) is 5.07. The fraction of sp³-hybridized carbons (Fsp3) is 0.182. The van der Waals surface area contributed by atoms with Crippen molar-refractivity contribution >= 4 is 23.7 Å². The van der Waals surface area contributed by atoms with Crippen LogP contribution in [0.1, 0.15) is 5.56 Å². The number of hydrogen-bond donors (Lipinski definition) is 2. The van der Waals surface area contributed by atoms with Crippen LogP contribution in [0.3, 0.4) is 0 Å². The van der Waals surface area contributed by atoms with E-state index in [1.54, 1.807) is 38.1 Å². The highest BCUT2D eigenvalue weighted by Crippen LogP contribution is 2.28. The van der Waals surface area contributed by atoms with Gasteiger partial charge in [0.15, 0.2) is 16.7 Å². The molecule has 0 unspecified atom stereocenters. The highest BCUT2D eigenvalue weighted by Gasteiger charge is 2.05. The van der Waals surface area contributed by atoms with Crippen LogP contribution in [0.4, 0.5) is 0 Å². The largest absolute Gasteiger partial charge is 0.493 e. The Hall–Kier alpha value is -3.19. The fourth-order valence-electron chi connectivity index (χ4n) is 2.65. The zero-order chi connectivity index (χ0) is 20.5. The Morgan fingerprint density at radius 1 is 1.14 bits per heavy atom. The van der Waals surface area contributed by atoms with Crippen molar-refractivity contribution < 1.29 is 14.3 Å². The number of nitrogens with zero attached hydrogens (tertiary/aromatic N) is 1. The van der Waals surface area contributed by atoms with Gasteiger partial charge in [-0.2, -0.15) is 0 Å². The molecule has 150 valence electrons. The second kappa shape index (κ2) is 10.4. The number of aromatic nitrogens is 2. The number of aromatic amines is 1. The molecule has 0 aliphatic carbocycles. The number of amides is 1. The normalized spacial score (nSPS) is 10.8. The maximum absolute atomic E-state index is 12.0. The molecule has 0 fully saturated rings. The number of methoxy groups -OCH3 is 2. The minimum atomic E-state index is -0.148. The molecule has 6 nitrogen and oxygen atoms in total. The van der Waals surface area contributed by atoms with Crippen LogP contribution in [0.25, 0.3) is 17.3 Å². The van der Waals surface area contributed by atoms with E-state index in [2.05, 4.69) is 15.3 Å². The first-order chi connectivity index (χ1) is 14.2. The van der Waals surface area contributed by atoms with Crippen LogP contribution in [0.5, 0.6) is 11.5 Å². The van der Waals surface area contributed by atoms with Gasteiger partial charge in [-0.3, -0.25) is 4.79 Å². The molecule has 1 aromatic heterocycles. The molecule has 3 aromatic rings. The van der Waals surface area contributed by atoms with Gasteiger partial charge in [0.05, 0.1) is 26.1 Å². The highest BCUT2D eigenvalue weighted by molar-refractivity contribution is 7.99. The van der Waals surface area contributed by atoms with E-state index in [9.17, 15) is 4.79 Å². The molecule has 0 atom stereocenters. The van der Waals surface area contributed by atoms with Crippen LogP contribution in [0.2, 0.25) is 0 Å². The molecular formula is C22H23N3O3S. The van der Waals surface area contributed by atoms with Gasteiger partial charge in [-0.15, -0.1) is 0 Å². The van der Waals surface area contributed by atoms with Crippen LogP contribution in [0.15, 0.2) is 66.0 Å². The van der Waals surface area contributed by atoms with Crippen LogP contribution >= 0.6 is 11.8 Å². The van der Waals surface area contributed by atoms with Crippen LogP contribution in [-0.4, -0.2) is 42.4 Å². The lowest BCUT2D eigenvalue weighted by Crippen LogP contribution is -2.23. The first kappa shape index (κ1) is 20.5. The Labute approximate surface area is 174 Å². The summed E-state index contributed by atoms with van der Waals surface area (Å²) in [6.45, 7) is 0.543. The van der Waals surface area contributed by atoms with Crippen LogP contribution < -0.4 is 14.8 Å². The van der Waals surface area contributed by atoms with Crippen molar-refractivity contribution in [2.45, 2.75) is 5.16 Å². The minimum Gasteiger partial charge on any atom is -0.493 e. The zero-order valence-corrected chi connectivity index (χ0v) is 17.2. The molecule has 7 heteroatoms. The van der Waals surface area contributed by atoms with E-state index in [0.717, 1.165) is 27.7 Å². The van der Waals surface area contributed by atoms with Crippen molar-refractivity contribution in [2.24, 2.45) is 0 Å². The van der Waals surface area contributed by atoms with Crippen molar-refractivity contribution in [1.82, 2.24) is 15.3 Å². The maximum Gasteiger partial charge on any atom is 0.244 e. The summed E-state index contributed by atoms with van der Waals surface area (Å²) in [6, 6.07) is 15.5. The number of imidazole rings is 1. The van der Waals surface area contributed by atoms with Gasteiger partial charge in [0.25, 0.3) is 0 Å². The molecule has 0 aliphatic rings. The second-order valence-electron chi connectivity index (χ2n) is 6.06. The molecule has 0 bridgehead atoms. The summed E-state index contributed by atoms with van der Waals surface area (Å²) in [5.74, 6) is 1.85. The molecule has 0 aliphatic heterocycles. The summed E-state index contributed by atoms with van der Waals surface area (Å²) in [5, 5.41) is 3.70. The average molecular weight is 410 g/mol. The lowest BCUT2D eigenvalue weighted by atomic mass is 10.2. The van der Waals surface area contributed by atoms with Gasteiger partial charge >= 0.3 is 0 Å². The van der Waals surface area contributed by atoms with E-state index in [-0.39, 0.29) is 5.91 Å². The standard InChI is InChI=1S/C22H23N3O3S/c1-27-19-10-8-16(14-20(19)28-2)9-11-21(26)23-12-13-29-22-24-15-18(25-22)17-6-4-3-5-7-17/h3-11,14-15H,12-13H2,1-2H3,(H,23,26)(H,24,25)/b11-9+. The molecule has 2 N–H and O–H groups in total. The predicted molar refractivity (Wildman–Crippen MR) is 116 cm³/mol. The minimum absolute atomic E-state index is 0.148. The SMILES string of the molecule is COc1ccc(/C=C/C(=O)NCCSc2ncc(-c3ccccc3)[nH]2)cc1OC. The number of benzene rings is 2. The number of H-pyrrole nitrogens is 1. The number of thioether (sulfide) groups is 1. The lowest BCUT2D eigenvalue weighted by molar-refractivity contribution is -0.116. The molecular weight excluding hydrogens is 386 g/mol. The Bertz CT molecular complexity index is 970. The monoisotopic (exact) mass is 409 g/mol.